The van der Waals surface area contributed by atoms with Gasteiger partial charge in [0, 0.05) is 13.1 Å². The van der Waals surface area contributed by atoms with E-state index in [0.29, 0.717) is 18.7 Å². The first-order valence-corrected chi connectivity index (χ1v) is 6.66. The van der Waals surface area contributed by atoms with Crippen LogP contribution in [-0.4, -0.2) is 23.9 Å². The number of hydrogen-bond acceptors (Lipinski definition) is 2. The zero-order valence-corrected chi connectivity index (χ0v) is 11.7. The Morgan fingerprint density at radius 2 is 1.90 bits per heavy atom. The minimum absolute atomic E-state index is 0.262. The number of carbonyl (C=O) groups is 1. The van der Waals surface area contributed by atoms with E-state index < -0.39 is 17.8 Å². The molecule has 1 aromatic rings. The monoisotopic (exact) mass is 298 g/mol. The smallest absolute Gasteiger partial charge is 0.337 e. The van der Waals surface area contributed by atoms with Crippen molar-refractivity contribution in [1.82, 2.24) is 4.90 Å². The fraction of sp³-hybridized carbons (Fsp3) is 0.400. The number of rotatable bonds is 2. The van der Waals surface area contributed by atoms with Gasteiger partial charge >= 0.3 is 6.18 Å². The number of carbonyl (C=O) groups excluding carboxylic acids is 1. The summed E-state index contributed by atoms with van der Waals surface area (Å²) in [5, 5.41) is 0. The molecule has 0 bridgehead atoms. The molecule has 2 N–H and O–H groups in total. The second kappa shape index (κ2) is 5.89. The molecule has 1 amide bonds. The zero-order valence-electron chi connectivity index (χ0n) is 11.7. The minimum atomic E-state index is -4.39. The minimum Gasteiger partial charge on any atom is -0.337 e. The Morgan fingerprint density at radius 3 is 2.43 bits per heavy atom. The third kappa shape index (κ3) is 3.64. The van der Waals surface area contributed by atoms with E-state index in [2.05, 4.69) is 6.08 Å². The van der Waals surface area contributed by atoms with Crippen molar-refractivity contribution >= 4 is 5.91 Å². The highest BCUT2D eigenvalue weighted by Crippen LogP contribution is 2.30. The van der Waals surface area contributed by atoms with Gasteiger partial charge in [-0.15, -0.1) is 0 Å². The molecule has 0 saturated heterocycles. The Balaban J connectivity index is 2.11. The maximum Gasteiger partial charge on any atom is 0.416 e. The number of halogens is 3. The highest BCUT2D eigenvalue weighted by molar-refractivity contribution is 5.83. The number of alkyl halides is 3. The molecule has 0 spiro atoms. The van der Waals surface area contributed by atoms with Crippen LogP contribution in [-0.2, 0) is 11.0 Å². The molecule has 1 heterocycles. The lowest BCUT2D eigenvalue weighted by molar-refractivity contribution is -0.137. The quantitative estimate of drug-likeness (QED) is 0.853. The van der Waals surface area contributed by atoms with Crippen LogP contribution in [0.4, 0.5) is 13.2 Å². The third-order valence-corrected chi connectivity index (χ3v) is 3.51. The van der Waals surface area contributed by atoms with Crippen molar-refractivity contribution in [2.75, 3.05) is 13.1 Å². The van der Waals surface area contributed by atoms with Crippen LogP contribution in [0, 0.1) is 0 Å². The molecule has 21 heavy (non-hydrogen) atoms. The average molecular weight is 298 g/mol. The van der Waals surface area contributed by atoms with Crippen molar-refractivity contribution < 1.29 is 18.0 Å². The van der Waals surface area contributed by atoms with Crippen molar-refractivity contribution in [3.05, 3.63) is 47.0 Å². The van der Waals surface area contributed by atoms with E-state index in [9.17, 15) is 18.0 Å². The molecule has 6 heteroatoms. The van der Waals surface area contributed by atoms with Crippen molar-refractivity contribution in [2.45, 2.75) is 25.6 Å². The summed E-state index contributed by atoms with van der Waals surface area (Å²) in [4.78, 5) is 13.9. The lowest BCUT2D eigenvalue weighted by atomic mass is 10.0. The van der Waals surface area contributed by atoms with Gasteiger partial charge in [0.15, 0.2) is 0 Å². The predicted molar refractivity (Wildman–Crippen MR) is 73.3 cm³/mol. The molecule has 2 rings (SSSR count). The fourth-order valence-corrected chi connectivity index (χ4v) is 2.32. The molecule has 1 aliphatic heterocycles. The van der Waals surface area contributed by atoms with Crippen LogP contribution < -0.4 is 5.73 Å². The first-order valence-electron chi connectivity index (χ1n) is 6.66. The topological polar surface area (TPSA) is 46.3 Å². The summed E-state index contributed by atoms with van der Waals surface area (Å²) < 4.78 is 37.5. The summed E-state index contributed by atoms with van der Waals surface area (Å²) in [6.07, 6.45) is -1.55. The van der Waals surface area contributed by atoms with Gasteiger partial charge in [0.1, 0.15) is 6.04 Å². The average Bonchev–Trinajstić information content (AvgIpc) is 2.45. The van der Waals surface area contributed by atoms with Crippen LogP contribution in [0.25, 0.3) is 0 Å². The molecule has 3 nitrogen and oxygen atoms in total. The summed E-state index contributed by atoms with van der Waals surface area (Å²) in [6, 6.07) is 3.49. The van der Waals surface area contributed by atoms with E-state index in [1.807, 2.05) is 6.92 Å². The van der Waals surface area contributed by atoms with Gasteiger partial charge in [0.25, 0.3) is 0 Å². The fourth-order valence-electron chi connectivity index (χ4n) is 2.32. The first-order chi connectivity index (χ1) is 9.79. The molecule has 0 radical (unpaired) electrons. The number of nitrogens with zero attached hydrogens (tertiary/aromatic N) is 1. The van der Waals surface area contributed by atoms with Crippen LogP contribution in [0.1, 0.15) is 30.5 Å². The normalized spacial score (nSPS) is 17.4. The highest BCUT2D eigenvalue weighted by Gasteiger charge is 2.31. The van der Waals surface area contributed by atoms with Crippen molar-refractivity contribution in [2.24, 2.45) is 5.73 Å². The molecule has 1 aromatic carbocycles. The number of amides is 1. The standard InChI is InChI=1S/C15H17F3N2O/c1-10-3-2-8-20(9-10)14(21)13(19)11-4-6-12(7-5-11)15(16,17)18/h3-7,13H,2,8-9,19H2,1H3. The Labute approximate surface area is 121 Å². The zero-order chi connectivity index (χ0) is 15.6. The summed E-state index contributed by atoms with van der Waals surface area (Å²) in [5.74, 6) is -0.262. The number of benzene rings is 1. The van der Waals surface area contributed by atoms with E-state index in [0.717, 1.165) is 24.1 Å². The van der Waals surface area contributed by atoms with E-state index in [-0.39, 0.29) is 5.91 Å². The molecule has 1 unspecified atom stereocenters. The van der Waals surface area contributed by atoms with Crippen LogP contribution in [0.3, 0.4) is 0 Å². The van der Waals surface area contributed by atoms with Crippen LogP contribution >= 0.6 is 0 Å². The van der Waals surface area contributed by atoms with E-state index in [4.69, 9.17) is 5.73 Å². The molecule has 114 valence electrons. The molecule has 1 aliphatic rings. The molecule has 0 fully saturated rings. The predicted octanol–water partition coefficient (Wildman–Crippen LogP) is 2.88. The van der Waals surface area contributed by atoms with Gasteiger partial charge in [-0.3, -0.25) is 4.79 Å². The summed E-state index contributed by atoms with van der Waals surface area (Å²) in [5.41, 5.74) is 6.62. The second-order valence-electron chi connectivity index (χ2n) is 5.20. The van der Waals surface area contributed by atoms with Gasteiger partial charge < -0.3 is 10.6 Å². The van der Waals surface area contributed by atoms with Gasteiger partial charge in [-0.25, -0.2) is 0 Å². The lowest BCUT2D eigenvalue weighted by Crippen LogP contribution is -2.41. The van der Waals surface area contributed by atoms with Crippen molar-refractivity contribution in [3.8, 4) is 0 Å². The molecular weight excluding hydrogens is 281 g/mol. The Morgan fingerprint density at radius 1 is 1.29 bits per heavy atom. The number of nitrogens with two attached hydrogens (primary N) is 1. The molecule has 0 aliphatic carbocycles. The third-order valence-electron chi connectivity index (χ3n) is 3.51. The van der Waals surface area contributed by atoms with Gasteiger partial charge in [-0.05, 0) is 31.0 Å². The van der Waals surface area contributed by atoms with Crippen LogP contribution in [0.2, 0.25) is 0 Å². The lowest BCUT2D eigenvalue weighted by Gasteiger charge is -2.28. The van der Waals surface area contributed by atoms with Gasteiger partial charge in [0.05, 0.1) is 5.56 Å². The molecular formula is C15H17F3N2O. The SMILES string of the molecule is CC1=CCCN(C(=O)C(N)c2ccc(C(F)(F)F)cc2)C1. The molecule has 0 aromatic heterocycles. The first kappa shape index (κ1) is 15.6. The van der Waals surface area contributed by atoms with E-state index in [1.165, 1.54) is 12.1 Å². The summed E-state index contributed by atoms with van der Waals surface area (Å²) >= 11 is 0. The molecule has 1 atom stereocenters. The van der Waals surface area contributed by atoms with Crippen LogP contribution in [0.5, 0.6) is 0 Å². The van der Waals surface area contributed by atoms with Crippen molar-refractivity contribution in [1.29, 1.82) is 0 Å². The molecule has 0 saturated carbocycles. The number of hydrogen-bond donors (Lipinski definition) is 1. The highest BCUT2D eigenvalue weighted by atomic mass is 19.4. The van der Waals surface area contributed by atoms with Gasteiger partial charge in [0.2, 0.25) is 5.91 Å². The largest absolute Gasteiger partial charge is 0.416 e. The second-order valence-corrected chi connectivity index (χ2v) is 5.20. The Bertz CT molecular complexity index is 549. The van der Waals surface area contributed by atoms with E-state index >= 15 is 0 Å². The van der Waals surface area contributed by atoms with Crippen LogP contribution in [0.15, 0.2) is 35.9 Å². The maximum absolute atomic E-state index is 12.5. The Hall–Kier alpha value is -1.82. The van der Waals surface area contributed by atoms with Crippen molar-refractivity contribution in [3.63, 3.8) is 0 Å². The van der Waals surface area contributed by atoms with Gasteiger partial charge in [-0.2, -0.15) is 13.2 Å². The Kier molecular flexibility index (Phi) is 4.37. The van der Waals surface area contributed by atoms with E-state index in [1.54, 1.807) is 4.90 Å². The summed E-state index contributed by atoms with van der Waals surface area (Å²) in [7, 11) is 0. The maximum atomic E-state index is 12.5. The van der Waals surface area contributed by atoms with Gasteiger partial charge in [-0.1, -0.05) is 23.8 Å². The summed E-state index contributed by atoms with van der Waals surface area (Å²) in [6.45, 7) is 3.04.